The van der Waals surface area contributed by atoms with Gasteiger partial charge in [-0.15, -0.1) is 10.2 Å². The van der Waals surface area contributed by atoms with Crippen molar-refractivity contribution in [3.63, 3.8) is 0 Å². The van der Waals surface area contributed by atoms with Crippen LogP contribution >= 0.6 is 23.4 Å². The van der Waals surface area contributed by atoms with Gasteiger partial charge in [0.1, 0.15) is 5.75 Å². The van der Waals surface area contributed by atoms with Crippen molar-refractivity contribution in [1.82, 2.24) is 20.1 Å². The largest absolute Gasteiger partial charge is 0.497 e. The number of carbonyl (C=O) groups is 1. The second-order valence-electron chi connectivity index (χ2n) is 6.81. The molecule has 1 amide bonds. The van der Waals surface area contributed by atoms with Crippen LogP contribution in [0.4, 0.5) is 0 Å². The summed E-state index contributed by atoms with van der Waals surface area (Å²) in [7, 11) is 1.63. The van der Waals surface area contributed by atoms with Gasteiger partial charge in [-0.25, -0.2) is 0 Å². The number of aromatic nitrogens is 3. The molecule has 0 aliphatic rings. The molecule has 0 aliphatic heterocycles. The predicted molar refractivity (Wildman–Crippen MR) is 117 cm³/mol. The number of hydrogen-bond donors (Lipinski definition) is 1. The van der Waals surface area contributed by atoms with E-state index in [0.717, 1.165) is 17.0 Å². The molecule has 6 nitrogen and oxygen atoms in total. The first-order valence-electron chi connectivity index (χ1n) is 9.24. The van der Waals surface area contributed by atoms with Crippen molar-refractivity contribution in [3.8, 4) is 22.8 Å². The average Bonchev–Trinajstić information content (AvgIpc) is 3.14. The standard InChI is InChI=1S/C21H23ClN4O2S/c1-14(2)12-23-19(27)13-29-21-25-24-20(17-6-4-5-7-18(17)22)26(21)15-8-10-16(28-3)11-9-15/h4-11,14H,12-13H2,1-3H3,(H,23,27). The van der Waals surface area contributed by atoms with Crippen molar-refractivity contribution < 1.29 is 9.53 Å². The summed E-state index contributed by atoms with van der Waals surface area (Å²) >= 11 is 7.74. The van der Waals surface area contributed by atoms with Crippen molar-refractivity contribution in [2.45, 2.75) is 19.0 Å². The SMILES string of the molecule is COc1ccc(-n2c(SCC(=O)NCC(C)C)nnc2-c2ccccc2Cl)cc1. The number of methoxy groups -OCH3 is 1. The first kappa shape index (κ1) is 21.2. The van der Waals surface area contributed by atoms with Gasteiger partial charge in [0.25, 0.3) is 0 Å². The molecule has 0 aliphatic carbocycles. The quantitative estimate of drug-likeness (QED) is 0.534. The molecule has 3 aromatic rings. The van der Waals surface area contributed by atoms with Gasteiger partial charge < -0.3 is 10.1 Å². The zero-order chi connectivity index (χ0) is 20.8. The minimum atomic E-state index is -0.0349. The van der Waals surface area contributed by atoms with E-state index in [0.29, 0.717) is 28.5 Å². The normalized spacial score (nSPS) is 10.9. The maximum atomic E-state index is 12.2. The molecule has 29 heavy (non-hydrogen) atoms. The molecule has 3 rings (SSSR count). The van der Waals surface area contributed by atoms with Gasteiger partial charge in [0, 0.05) is 17.8 Å². The molecular weight excluding hydrogens is 408 g/mol. The summed E-state index contributed by atoms with van der Waals surface area (Å²) in [6.45, 7) is 4.77. The molecule has 0 spiro atoms. The van der Waals surface area contributed by atoms with E-state index in [1.165, 1.54) is 11.8 Å². The van der Waals surface area contributed by atoms with Gasteiger partial charge in [0.2, 0.25) is 5.91 Å². The van der Waals surface area contributed by atoms with Crippen LogP contribution in [0.3, 0.4) is 0 Å². The maximum Gasteiger partial charge on any atom is 0.230 e. The van der Waals surface area contributed by atoms with Crippen molar-refractivity contribution >= 4 is 29.3 Å². The van der Waals surface area contributed by atoms with Gasteiger partial charge in [-0.3, -0.25) is 9.36 Å². The molecule has 0 radical (unpaired) electrons. The Hall–Kier alpha value is -2.51. The van der Waals surface area contributed by atoms with E-state index >= 15 is 0 Å². The van der Waals surface area contributed by atoms with Crippen molar-refractivity contribution in [3.05, 3.63) is 53.6 Å². The second kappa shape index (κ2) is 9.80. The smallest absolute Gasteiger partial charge is 0.230 e. The predicted octanol–water partition coefficient (Wildman–Crippen LogP) is 4.46. The zero-order valence-corrected chi connectivity index (χ0v) is 18.1. The highest BCUT2D eigenvalue weighted by Gasteiger charge is 2.19. The molecule has 0 saturated carbocycles. The Morgan fingerprint density at radius 1 is 1.17 bits per heavy atom. The van der Waals surface area contributed by atoms with Crippen LogP contribution in [0.2, 0.25) is 5.02 Å². The molecule has 1 heterocycles. The Kier molecular flexibility index (Phi) is 7.17. The van der Waals surface area contributed by atoms with E-state index in [1.54, 1.807) is 7.11 Å². The molecule has 152 valence electrons. The number of thioether (sulfide) groups is 1. The molecule has 1 N–H and O–H groups in total. The van der Waals surface area contributed by atoms with E-state index in [2.05, 4.69) is 29.4 Å². The molecule has 0 atom stereocenters. The molecule has 0 saturated heterocycles. The van der Waals surface area contributed by atoms with E-state index in [1.807, 2.05) is 53.1 Å². The number of halogens is 1. The monoisotopic (exact) mass is 430 g/mol. The summed E-state index contributed by atoms with van der Waals surface area (Å²) in [5.41, 5.74) is 1.63. The Morgan fingerprint density at radius 2 is 1.90 bits per heavy atom. The maximum absolute atomic E-state index is 12.2. The van der Waals surface area contributed by atoms with Crippen LogP contribution in [0, 0.1) is 5.92 Å². The van der Waals surface area contributed by atoms with Crippen LogP contribution in [0.25, 0.3) is 17.1 Å². The van der Waals surface area contributed by atoms with E-state index in [9.17, 15) is 4.79 Å². The van der Waals surface area contributed by atoms with Crippen molar-refractivity contribution in [1.29, 1.82) is 0 Å². The first-order chi connectivity index (χ1) is 14.0. The lowest BCUT2D eigenvalue weighted by molar-refractivity contribution is -0.118. The van der Waals surface area contributed by atoms with Crippen molar-refractivity contribution in [2.24, 2.45) is 5.92 Å². The van der Waals surface area contributed by atoms with Gasteiger partial charge >= 0.3 is 0 Å². The van der Waals surface area contributed by atoms with Crippen LogP contribution in [0.1, 0.15) is 13.8 Å². The molecule has 2 aromatic carbocycles. The summed E-state index contributed by atoms with van der Waals surface area (Å²) in [4.78, 5) is 12.2. The highest BCUT2D eigenvalue weighted by Crippen LogP contribution is 2.32. The molecule has 8 heteroatoms. The molecule has 0 bridgehead atoms. The third-order valence-electron chi connectivity index (χ3n) is 4.12. The Balaban J connectivity index is 1.94. The van der Waals surface area contributed by atoms with Crippen LogP contribution in [0.15, 0.2) is 53.7 Å². The topological polar surface area (TPSA) is 69.0 Å². The van der Waals surface area contributed by atoms with Crippen LogP contribution in [-0.4, -0.2) is 40.1 Å². The van der Waals surface area contributed by atoms with E-state index < -0.39 is 0 Å². The number of nitrogens with zero attached hydrogens (tertiary/aromatic N) is 3. The number of amides is 1. The van der Waals surface area contributed by atoms with Gasteiger partial charge in [-0.1, -0.05) is 49.3 Å². The fraction of sp³-hybridized carbons (Fsp3) is 0.286. The number of rotatable bonds is 8. The van der Waals surface area contributed by atoms with Gasteiger partial charge in [-0.2, -0.15) is 0 Å². The lowest BCUT2D eigenvalue weighted by atomic mass is 10.2. The molecule has 0 fully saturated rings. The van der Waals surface area contributed by atoms with E-state index in [-0.39, 0.29) is 11.7 Å². The zero-order valence-electron chi connectivity index (χ0n) is 16.6. The minimum absolute atomic E-state index is 0.0349. The Labute approximate surface area is 179 Å². The highest BCUT2D eigenvalue weighted by atomic mass is 35.5. The molecular formula is C21H23ClN4O2S. The fourth-order valence-corrected chi connectivity index (χ4v) is 3.65. The number of ether oxygens (including phenoxy) is 1. The minimum Gasteiger partial charge on any atom is -0.497 e. The summed E-state index contributed by atoms with van der Waals surface area (Å²) in [5.74, 6) is 1.99. The molecule has 0 unspecified atom stereocenters. The van der Waals surface area contributed by atoms with Crippen LogP contribution in [-0.2, 0) is 4.79 Å². The van der Waals surface area contributed by atoms with Crippen LogP contribution < -0.4 is 10.1 Å². The number of benzene rings is 2. The number of carbonyl (C=O) groups excluding carboxylic acids is 1. The lowest BCUT2D eigenvalue weighted by Gasteiger charge is -2.12. The third-order valence-corrected chi connectivity index (χ3v) is 5.38. The third kappa shape index (κ3) is 5.31. The lowest BCUT2D eigenvalue weighted by Crippen LogP contribution is -2.28. The van der Waals surface area contributed by atoms with Gasteiger partial charge in [-0.05, 0) is 42.3 Å². The Bertz CT molecular complexity index is 973. The summed E-state index contributed by atoms with van der Waals surface area (Å²) in [6.07, 6.45) is 0. The van der Waals surface area contributed by atoms with Crippen molar-refractivity contribution in [2.75, 3.05) is 19.4 Å². The average molecular weight is 431 g/mol. The van der Waals surface area contributed by atoms with Crippen LogP contribution in [0.5, 0.6) is 5.75 Å². The summed E-state index contributed by atoms with van der Waals surface area (Å²) < 4.78 is 7.16. The second-order valence-corrected chi connectivity index (χ2v) is 8.16. The first-order valence-corrected chi connectivity index (χ1v) is 10.6. The number of hydrogen-bond acceptors (Lipinski definition) is 5. The van der Waals surface area contributed by atoms with Gasteiger partial charge in [0.15, 0.2) is 11.0 Å². The highest BCUT2D eigenvalue weighted by molar-refractivity contribution is 7.99. The Morgan fingerprint density at radius 3 is 2.55 bits per heavy atom. The number of nitrogens with one attached hydrogen (secondary N) is 1. The van der Waals surface area contributed by atoms with E-state index in [4.69, 9.17) is 16.3 Å². The van der Waals surface area contributed by atoms with Gasteiger partial charge in [0.05, 0.1) is 17.9 Å². The summed E-state index contributed by atoms with van der Waals surface area (Å²) in [5, 5.41) is 12.8. The fourth-order valence-electron chi connectivity index (χ4n) is 2.64. The summed E-state index contributed by atoms with van der Waals surface area (Å²) in [6, 6.07) is 15.1. The molecule has 1 aromatic heterocycles.